The molecule has 2 atom stereocenters. The number of benzene rings is 1. The molecule has 3 aliphatic rings. The highest BCUT2D eigenvalue weighted by molar-refractivity contribution is 5.89. The number of aromatic nitrogens is 2. The van der Waals surface area contributed by atoms with E-state index in [1.807, 2.05) is 24.3 Å². The molecule has 6 N–H and O–H groups in total. The van der Waals surface area contributed by atoms with Crippen LogP contribution in [0.3, 0.4) is 0 Å². The maximum Gasteiger partial charge on any atom is 0.354 e. The summed E-state index contributed by atoms with van der Waals surface area (Å²) in [6.45, 7) is 4.02. The number of anilines is 1. The number of likely N-dealkylation sites (tertiary alicyclic amines) is 1. The first kappa shape index (κ1) is 28.2. The van der Waals surface area contributed by atoms with E-state index in [0.717, 1.165) is 25.1 Å². The summed E-state index contributed by atoms with van der Waals surface area (Å²) in [5.41, 5.74) is 12.8. The molecule has 12 heteroatoms. The molecule has 2 saturated heterocycles. The Hall–Kier alpha value is -3.32. The SMILES string of the molecule is C[C@](N)(CO)C(=O)N1CCN(C(=O)Nc2ccn(-c3ccc(CN4CCC5(CCC5)CC4N)cc3)c(=O)n2)CC1. The Morgan fingerprint density at radius 2 is 1.75 bits per heavy atom. The second kappa shape index (κ2) is 11.3. The van der Waals surface area contributed by atoms with Crippen LogP contribution in [0.15, 0.2) is 41.3 Å². The van der Waals surface area contributed by atoms with Gasteiger partial charge in [0.05, 0.1) is 18.5 Å². The summed E-state index contributed by atoms with van der Waals surface area (Å²) < 4.78 is 1.43. The molecule has 216 valence electrons. The first-order valence-electron chi connectivity index (χ1n) is 14.0. The summed E-state index contributed by atoms with van der Waals surface area (Å²) in [5, 5.41) is 12.0. The van der Waals surface area contributed by atoms with Crippen molar-refractivity contribution in [1.82, 2.24) is 24.3 Å². The summed E-state index contributed by atoms with van der Waals surface area (Å²) in [6, 6.07) is 8.98. The van der Waals surface area contributed by atoms with Crippen molar-refractivity contribution in [3.05, 3.63) is 52.6 Å². The second-order valence-electron chi connectivity index (χ2n) is 11.8. The quantitative estimate of drug-likeness (QED) is 0.406. The molecule has 5 rings (SSSR count). The lowest BCUT2D eigenvalue weighted by Crippen LogP contribution is -2.60. The minimum absolute atomic E-state index is 0.0858. The third-order valence-electron chi connectivity index (χ3n) is 8.76. The summed E-state index contributed by atoms with van der Waals surface area (Å²) >= 11 is 0. The zero-order valence-corrected chi connectivity index (χ0v) is 23.1. The van der Waals surface area contributed by atoms with Crippen LogP contribution in [0, 0.1) is 5.41 Å². The Morgan fingerprint density at radius 1 is 1.07 bits per heavy atom. The van der Waals surface area contributed by atoms with E-state index in [0.29, 0.717) is 37.3 Å². The Balaban J connectivity index is 1.14. The minimum atomic E-state index is -1.35. The maximum absolute atomic E-state index is 12.8. The van der Waals surface area contributed by atoms with Gasteiger partial charge < -0.3 is 26.4 Å². The summed E-state index contributed by atoms with van der Waals surface area (Å²) in [6.07, 6.45) is 7.93. The number of hydrogen-bond acceptors (Lipinski definition) is 8. The number of carbonyl (C=O) groups is 2. The standard InChI is InChI=1S/C28H40N8O4/c1-27(30,19-37)24(38)33-13-15-34(16-14-33)25(39)31-23-7-11-36(26(40)32-23)21-5-3-20(4-6-21)18-35-12-10-28(8-2-9-28)17-22(35)29/h3-7,11,22,37H,2,8-10,12-19,29-30H2,1H3,(H,31,32,39,40)/t22?,27-/m0/s1. The van der Waals surface area contributed by atoms with Gasteiger partial charge in [0.15, 0.2) is 0 Å². The smallest absolute Gasteiger partial charge is 0.354 e. The lowest BCUT2D eigenvalue weighted by molar-refractivity contribution is -0.139. The number of piperazine rings is 1. The first-order chi connectivity index (χ1) is 19.1. The number of piperidine rings is 1. The molecule has 3 fully saturated rings. The Labute approximate surface area is 233 Å². The molecular formula is C28H40N8O4. The van der Waals surface area contributed by atoms with Crippen LogP contribution in [-0.2, 0) is 11.3 Å². The van der Waals surface area contributed by atoms with Gasteiger partial charge >= 0.3 is 11.7 Å². The average molecular weight is 553 g/mol. The van der Waals surface area contributed by atoms with E-state index in [1.54, 1.807) is 17.2 Å². The molecule has 1 aromatic heterocycles. The van der Waals surface area contributed by atoms with Gasteiger partial charge in [-0.05, 0) is 61.8 Å². The predicted octanol–water partition coefficient (Wildman–Crippen LogP) is 0.669. The van der Waals surface area contributed by atoms with Crippen LogP contribution in [0.4, 0.5) is 10.6 Å². The largest absolute Gasteiger partial charge is 0.394 e. The number of nitrogens with one attached hydrogen (secondary N) is 1. The van der Waals surface area contributed by atoms with Gasteiger partial charge in [0.2, 0.25) is 5.91 Å². The highest BCUT2D eigenvalue weighted by Crippen LogP contribution is 2.49. The van der Waals surface area contributed by atoms with Crippen LogP contribution in [0.25, 0.3) is 5.69 Å². The van der Waals surface area contributed by atoms with Crippen molar-refractivity contribution in [2.45, 2.75) is 57.3 Å². The van der Waals surface area contributed by atoms with Crippen LogP contribution >= 0.6 is 0 Å². The number of aliphatic hydroxyl groups is 1. The van der Waals surface area contributed by atoms with Gasteiger partial charge in [0.25, 0.3) is 0 Å². The molecule has 1 unspecified atom stereocenters. The number of amides is 3. The highest BCUT2D eigenvalue weighted by atomic mass is 16.3. The topological polar surface area (TPSA) is 163 Å². The second-order valence-corrected chi connectivity index (χ2v) is 11.8. The summed E-state index contributed by atoms with van der Waals surface area (Å²) in [7, 11) is 0. The fourth-order valence-electron chi connectivity index (χ4n) is 5.94. The van der Waals surface area contributed by atoms with Crippen molar-refractivity contribution in [2.24, 2.45) is 16.9 Å². The minimum Gasteiger partial charge on any atom is -0.394 e. The van der Waals surface area contributed by atoms with E-state index in [1.165, 1.54) is 42.1 Å². The fourth-order valence-corrected chi connectivity index (χ4v) is 5.94. The third-order valence-corrected chi connectivity index (χ3v) is 8.76. The van der Waals surface area contributed by atoms with Gasteiger partial charge in [0.1, 0.15) is 11.4 Å². The molecule has 1 aliphatic carbocycles. The lowest BCUT2D eigenvalue weighted by Gasteiger charge is -2.50. The lowest BCUT2D eigenvalue weighted by atomic mass is 9.62. The van der Waals surface area contributed by atoms with Gasteiger partial charge in [-0.25, -0.2) is 9.59 Å². The zero-order valence-electron chi connectivity index (χ0n) is 23.1. The van der Waals surface area contributed by atoms with Crippen molar-refractivity contribution < 1.29 is 14.7 Å². The molecule has 1 saturated carbocycles. The van der Waals surface area contributed by atoms with Crippen molar-refractivity contribution in [3.63, 3.8) is 0 Å². The molecule has 1 spiro atoms. The first-order valence-corrected chi connectivity index (χ1v) is 14.0. The van der Waals surface area contributed by atoms with E-state index in [4.69, 9.17) is 11.5 Å². The fraction of sp³-hybridized carbons (Fsp3) is 0.571. The monoisotopic (exact) mass is 552 g/mol. The van der Waals surface area contributed by atoms with E-state index < -0.39 is 23.9 Å². The van der Waals surface area contributed by atoms with Crippen LogP contribution < -0.4 is 22.5 Å². The number of rotatable bonds is 6. The van der Waals surface area contributed by atoms with Gasteiger partial charge in [-0.3, -0.25) is 19.6 Å². The summed E-state index contributed by atoms with van der Waals surface area (Å²) in [4.78, 5) is 47.4. The van der Waals surface area contributed by atoms with Crippen LogP contribution in [-0.4, -0.2) is 92.3 Å². The number of carbonyl (C=O) groups excluding carboxylic acids is 2. The van der Waals surface area contributed by atoms with E-state index >= 15 is 0 Å². The Kier molecular flexibility index (Phi) is 7.96. The Morgan fingerprint density at radius 3 is 2.33 bits per heavy atom. The number of nitrogens with two attached hydrogens (primary N) is 2. The van der Waals surface area contributed by atoms with Crippen molar-refractivity contribution in [1.29, 1.82) is 0 Å². The van der Waals surface area contributed by atoms with Crippen LogP contribution in [0.1, 0.15) is 44.6 Å². The van der Waals surface area contributed by atoms with Crippen molar-refractivity contribution in [3.8, 4) is 5.69 Å². The number of urea groups is 1. The van der Waals surface area contributed by atoms with E-state index in [9.17, 15) is 19.5 Å². The van der Waals surface area contributed by atoms with Gasteiger partial charge in [0, 0.05) is 45.5 Å². The molecule has 0 radical (unpaired) electrons. The van der Waals surface area contributed by atoms with Crippen molar-refractivity contribution in [2.75, 3.05) is 44.6 Å². The van der Waals surface area contributed by atoms with E-state index in [2.05, 4.69) is 15.2 Å². The molecule has 2 aromatic rings. The van der Waals surface area contributed by atoms with E-state index in [-0.39, 0.29) is 17.9 Å². The molecule has 3 amide bonds. The number of hydrogen-bond donors (Lipinski definition) is 4. The van der Waals surface area contributed by atoms with Gasteiger partial charge in [-0.2, -0.15) is 4.98 Å². The third kappa shape index (κ3) is 5.90. The van der Waals surface area contributed by atoms with Gasteiger partial charge in [-0.15, -0.1) is 0 Å². The maximum atomic E-state index is 12.8. The average Bonchev–Trinajstić information content (AvgIpc) is 2.93. The molecule has 2 aliphatic heterocycles. The predicted molar refractivity (Wildman–Crippen MR) is 151 cm³/mol. The van der Waals surface area contributed by atoms with Crippen LogP contribution in [0.2, 0.25) is 0 Å². The van der Waals surface area contributed by atoms with Crippen LogP contribution in [0.5, 0.6) is 0 Å². The van der Waals surface area contributed by atoms with Gasteiger partial charge in [-0.1, -0.05) is 18.6 Å². The number of nitrogens with zero attached hydrogens (tertiary/aromatic N) is 5. The molecule has 3 heterocycles. The Bertz CT molecular complexity index is 1280. The molecule has 0 bridgehead atoms. The highest BCUT2D eigenvalue weighted by Gasteiger charge is 2.42. The normalized spacial score (nSPS) is 22.4. The number of aliphatic hydroxyl groups excluding tert-OH is 1. The zero-order chi connectivity index (χ0) is 28.5. The molecule has 1 aromatic carbocycles. The molecule has 12 nitrogen and oxygen atoms in total. The molecular weight excluding hydrogens is 512 g/mol. The van der Waals surface area contributed by atoms with Crippen molar-refractivity contribution >= 4 is 17.8 Å². The summed E-state index contributed by atoms with van der Waals surface area (Å²) in [5.74, 6) is -0.204. The molecule has 40 heavy (non-hydrogen) atoms.